The topological polar surface area (TPSA) is 81.8 Å². The number of hydrogen-bond donors (Lipinski definition) is 2. The number of carbonyl (C=O) groups excluding carboxylic acids is 1. The summed E-state index contributed by atoms with van der Waals surface area (Å²) < 4.78 is 26.3. The summed E-state index contributed by atoms with van der Waals surface area (Å²) in [5.41, 5.74) is 1.67. The maximum Gasteiger partial charge on any atom is 0.326 e. The molecule has 0 bridgehead atoms. The van der Waals surface area contributed by atoms with Crippen LogP contribution in [0.2, 0.25) is 0 Å². The van der Waals surface area contributed by atoms with Crippen LogP contribution in [0, 0.1) is 0 Å². The fourth-order valence-corrected chi connectivity index (χ4v) is 3.05. The zero-order chi connectivity index (χ0) is 14.2. The first-order valence-corrected chi connectivity index (χ1v) is 7.19. The molecule has 1 heterocycles. The molecule has 0 fully saturated rings. The molecule has 0 atom stereocenters. The fraction of sp³-hybridized carbons (Fsp3) is 0.364. The molecule has 2 amide bonds. The monoisotopic (exact) mass is 284 g/mol. The molecule has 0 radical (unpaired) electrons. The van der Waals surface area contributed by atoms with Gasteiger partial charge >= 0.3 is 16.2 Å². The number of hydrogen-bond acceptors (Lipinski definition) is 3. The minimum Gasteiger partial charge on any atom is -0.338 e. The minimum absolute atomic E-state index is 0.320. The number of urea groups is 1. The summed E-state index contributed by atoms with van der Waals surface area (Å²) in [6, 6.07) is 4.64. The molecule has 0 aliphatic carbocycles. The Morgan fingerprint density at radius 1 is 1.21 bits per heavy atom. The van der Waals surface area contributed by atoms with Crippen LogP contribution in [-0.2, 0) is 10.2 Å². The van der Waals surface area contributed by atoms with E-state index in [-0.39, 0.29) is 6.03 Å². The average Bonchev–Trinajstić information content (AvgIpc) is 2.52. The van der Waals surface area contributed by atoms with Gasteiger partial charge in [-0.3, -0.25) is 8.61 Å². The van der Waals surface area contributed by atoms with Gasteiger partial charge in [-0.25, -0.2) is 4.79 Å². The lowest BCUT2D eigenvalue weighted by Gasteiger charge is -2.13. The van der Waals surface area contributed by atoms with Gasteiger partial charge in [0.15, 0.2) is 0 Å². The van der Waals surface area contributed by atoms with E-state index in [0.717, 1.165) is 0 Å². The van der Waals surface area contributed by atoms with Crippen LogP contribution in [0.3, 0.4) is 0 Å². The molecular weight excluding hydrogens is 268 g/mol. The van der Waals surface area contributed by atoms with E-state index in [4.69, 9.17) is 0 Å². The normalized spacial score (nSPS) is 16.2. The number of anilines is 3. The smallest absolute Gasteiger partial charge is 0.326 e. The van der Waals surface area contributed by atoms with E-state index in [2.05, 4.69) is 10.6 Å². The summed E-state index contributed by atoms with van der Waals surface area (Å²) >= 11 is 0. The summed E-state index contributed by atoms with van der Waals surface area (Å²) in [5.74, 6) is 0. The SMILES string of the molecule is CCNC(=O)Nc1ccc2c(c1)N(C)S(=O)(=O)N2C. The minimum atomic E-state index is -3.48. The summed E-state index contributed by atoms with van der Waals surface area (Å²) in [5, 5.41) is 5.25. The molecule has 19 heavy (non-hydrogen) atoms. The molecule has 2 rings (SSSR count). The maximum atomic E-state index is 11.9. The van der Waals surface area contributed by atoms with Crippen molar-refractivity contribution in [3.8, 4) is 0 Å². The molecule has 104 valence electrons. The van der Waals surface area contributed by atoms with E-state index >= 15 is 0 Å². The second kappa shape index (κ2) is 4.61. The Balaban J connectivity index is 2.32. The first-order chi connectivity index (χ1) is 8.87. The lowest BCUT2D eigenvalue weighted by Crippen LogP contribution is -2.32. The van der Waals surface area contributed by atoms with Crippen LogP contribution in [0.25, 0.3) is 0 Å². The van der Waals surface area contributed by atoms with Gasteiger partial charge in [0.2, 0.25) is 0 Å². The van der Waals surface area contributed by atoms with Crippen LogP contribution in [0.4, 0.5) is 21.9 Å². The molecule has 0 aromatic heterocycles. The van der Waals surface area contributed by atoms with Crippen LogP contribution in [0.5, 0.6) is 0 Å². The van der Waals surface area contributed by atoms with Gasteiger partial charge in [-0.1, -0.05) is 0 Å². The summed E-state index contributed by atoms with van der Waals surface area (Å²) in [7, 11) is -0.506. The quantitative estimate of drug-likeness (QED) is 0.848. The summed E-state index contributed by atoms with van der Waals surface area (Å²) in [6.07, 6.45) is 0. The second-order valence-corrected chi connectivity index (χ2v) is 6.12. The molecular formula is C11H16N4O3S. The molecule has 8 heteroatoms. The van der Waals surface area contributed by atoms with Gasteiger partial charge in [-0.05, 0) is 25.1 Å². The summed E-state index contributed by atoms with van der Waals surface area (Å²) in [4.78, 5) is 11.4. The Hall–Kier alpha value is -1.96. The number of amides is 2. The van der Waals surface area contributed by atoms with Gasteiger partial charge in [-0.2, -0.15) is 8.42 Å². The zero-order valence-electron chi connectivity index (χ0n) is 11.0. The van der Waals surface area contributed by atoms with Crippen molar-refractivity contribution in [2.75, 3.05) is 34.6 Å². The van der Waals surface area contributed by atoms with Crippen molar-refractivity contribution in [1.82, 2.24) is 5.32 Å². The maximum absolute atomic E-state index is 11.9. The Morgan fingerprint density at radius 3 is 2.47 bits per heavy atom. The number of benzene rings is 1. The third-order valence-corrected chi connectivity index (χ3v) is 4.72. The van der Waals surface area contributed by atoms with E-state index in [9.17, 15) is 13.2 Å². The first-order valence-electron chi connectivity index (χ1n) is 5.79. The van der Waals surface area contributed by atoms with Crippen LogP contribution in [0.15, 0.2) is 18.2 Å². The van der Waals surface area contributed by atoms with E-state index in [1.54, 1.807) is 18.2 Å². The molecule has 1 aromatic rings. The molecule has 0 saturated heterocycles. The van der Waals surface area contributed by atoms with Crippen LogP contribution >= 0.6 is 0 Å². The molecule has 1 aromatic carbocycles. The molecule has 0 unspecified atom stereocenters. The average molecular weight is 284 g/mol. The van der Waals surface area contributed by atoms with Crippen LogP contribution in [-0.4, -0.2) is 35.1 Å². The molecule has 0 spiro atoms. The van der Waals surface area contributed by atoms with Crippen molar-refractivity contribution in [1.29, 1.82) is 0 Å². The number of nitrogens with zero attached hydrogens (tertiary/aromatic N) is 2. The predicted molar refractivity (Wildman–Crippen MR) is 74.9 cm³/mol. The number of nitrogens with one attached hydrogen (secondary N) is 2. The van der Waals surface area contributed by atoms with E-state index in [0.29, 0.717) is 23.6 Å². The predicted octanol–water partition coefficient (Wildman–Crippen LogP) is 0.959. The number of carbonyl (C=O) groups is 1. The Morgan fingerprint density at radius 2 is 1.84 bits per heavy atom. The second-order valence-electron chi connectivity index (χ2n) is 4.13. The van der Waals surface area contributed by atoms with Crippen molar-refractivity contribution < 1.29 is 13.2 Å². The van der Waals surface area contributed by atoms with Gasteiger partial charge in [-0.15, -0.1) is 0 Å². The van der Waals surface area contributed by atoms with E-state index in [1.807, 2.05) is 6.92 Å². The van der Waals surface area contributed by atoms with E-state index < -0.39 is 10.2 Å². The fourth-order valence-electron chi connectivity index (χ4n) is 1.89. The zero-order valence-corrected chi connectivity index (χ0v) is 11.8. The van der Waals surface area contributed by atoms with Gasteiger partial charge < -0.3 is 10.6 Å². The van der Waals surface area contributed by atoms with Gasteiger partial charge in [0.25, 0.3) is 0 Å². The molecule has 0 saturated carbocycles. The molecule has 1 aliphatic heterocycles. The van der Waals surface area contributed by atoms with Crippen molar-refractivity contribution >= 4 is 33.3 Å². The largest absolute Gasteiger partial charge is 0.338 e. The Labute approximate surface area is 112 Å². The highest BCUT2D eigenvalue weighted by Crippen LogP contribution is 2.40. The van der Waals surface area contributed by atoms with Gasteiger partial charge in [0.1, 0.15) is 0 Å². The Kier molecular flexibility index (Phi) is 3.27. The lowest BCUT2D eigenvalue weighted by atomic mass is 10.2. The highest BCUT2D eigenvalue weighted by atomic mass is 32.2. The highest BCUT2D eigenvalue weighted by Gasteiger charge is 2.35. The standard InChI is InChI=1S/C11H16N4O3S/c1-4-12-11(16)13-8-5-6-9-10(7-8)15(3)19(17,18)14(9)2/h5-7H,4H2,1-3H3,(H2,12,13,16). The van der Waals surface area contributed by atoms with Gasteiger partial charge in [0, 0.05) is 26.3 Å². The van der Waals surface area contributed by atoms with Crippen molar-refractivity contribution in [3.63, 3.8) is 0 Å². The Bertz CT molecular complexity index is 614. The van der Waals surface area contributed by atoms with Gasteiger partial charge in [0.05, 0.1) is 11.4 Å². The number of fused-ring (bicyclic) bond motifs is 1. The molecule has 1 aliphatic rings. The third-order valence-electron chi connectivity index (χ3n) is 2.94. The van der Waals surface area contributed by atoms with Crippen LogP contribution < -0.4 is 19.2 Å². The lowest BCUT2D eigenvalue weighted by molar-refractivity contribution is 0.252. The molecule has 2 N–H and O–H groups in total. The molecule has 7 nitrogen and oxygen atoms in total. The van der Waals surface area contributed by atoms with Crippen molar-refractivity contribution in [2.45, 2.75) is 6.92 Å². The van der Waals surface area contributed by atoms with Crippen molar-refractivity contribution in [2.24, 2.45) is 0 Å². The third kappa shape index (κ3) is 2.19. The van der Waals surface area contributed by atoms with Crippen molar-refractivity contribution in [3.05, 3.63) is 18.2 Å². The highest BCUT2D eigenvalue weighted by molar-refractivity contribution is 7.94. The van der Waals surface area contributed by atoms with E-state index in [1.165, 1.54) is 22.7 Å². The first kappa shape index (κ1) is 13.5. The van der Waals surface area contributed by atoms with Crippen LogP contribution in [0.1, 0.15) is 6.92 Å². The summed E-state index contributed by atoms with van der Waals surface area (Å²) in [6.45, 7) is 2.34. The number of rotatable bonds is 2.